The van der Waals surface area contributed by atoms with E-state index in [0.29, 0.717) is 6.42 Å². The molecule has 0 radical (unpaired) electrons. The molecule has 2 unspecified atom stereocenters. The molecule has 1 aliphatic rings. The quantitative estimate of drug-likeness (QED) is 0.570. The molecule has 0 saturated carbocycles. The number of carbonyl (C=O) groups is 2. The number of Topliss-reactive ketones (excluding diaryl/α,β-unsaturated/α-hetero) is 1. The average molecular weight is 489 g/mol. The Kier molecular flexibility index (Phi) is 9.97. The van der Waals surface area contributed by atoms with Crippen molar-refractivity contribution in [3.8, 4) is 0 Å². The van der Waals surface area contributed by atoms with Crippen LogP contribution < -0.4 is 5.32 Å². The first-order valence-electron chi connectivity index (χ1n) is 12.0. The predicted molar refractivity (Wildman–Crippen MR) is 138 cm³/mol. The first-order valence-corrected chi connectivity index (χ1v) is 12.8. The van der Waals surface area contributed by atoms with Gasteiger partial charge in [0.1, 0.15) is 11.9 Å². The SMILES string of the molecule is CC1=CC(C(C)=Cc2csc(C)n2)CNC(=O)C(O)[C@@H](O)C(C)(C)C(=O)[C@H](C)C[C@@H](C)CC=C1. The first kappa shape index (κ1) is 28.1. The second-order valence-electron chi connectivity index (χ2n) is 10.3. The molecule has 0 aliphatic carbocycles. The molecule has 0 fully saturated rings. The van der Waals surface area contributed by atoms with Crippen molar-refractivity contribution in [2.45, 2.75) is 73.5 Å². The average Bonchev–Trinajstić information content (AvgIpc) is 3.18. The number of carbonyl (C=O) groups excluding carboxylic acids is 2. The third kappa shape index (κ3) is 7.45. The summed E-state index contributed by atoms with van der Waals surface area (Å²) in [6, 6.07) is 0. The highest BCUT2D eigenvalue weighted by atomic mass is 32.1. The lowest BCUT2D eigenvalue weighted by Crippen LogP contribution is -2.52. The Labute approximate surface area is 207 Å². The molecule has 6 nitrogen and oxygen atoms in total. The van der Waals surface area contributed by atoms with Gasteiger partial charge in [0.15, 0.2) is 6.10 Å². The zero-order valence-corrected chi connectivity index (χ0v) is 22.3. The van der Waals surface area contributed by atoms with E-state index in [2.05, 4.69) is 35.5 Å². The van der Waals surface area contributed by atoms with Crippen LogP contribution in [0.15, 0.2) is 34.8 Å². The summed E-state index contributed by atoms with van der Waals surface area (Å²) in [5, 5.41) is 27.1. The Morgan fingerprint density at radius 1 is 1.24 bits per heavy atom. The predicted octanol–water partition coefficient (Wildman–Crippen LogP) is 4.47. The van der Waals surface area contributed by atoms with Crippen molar-refractivity contribution in [2.75, 3.05) is 6.54 Å². The van der Waals surface area contributed by atoms with E-state index in [0.717, 1.165) is 28.3 Å². The molecular formula is C27H40N2O4S. The maximum atomic E-state index is 13.1. The van der Waals surface area contributed by atoms with E-state index in [1.165, 1.54) is 0 Å². The third-order valence-corrected chi connectivity index (χ3v) is 7.41. The first-order chi connectivity index (χ1) is 15.8. The molecule has 0 saturated heterocycles. The number of thiazole rings is 1. The fourth-order valence-corrected chi connectivity index (χ4v) is 5.01. The van der Waals surface area contributed by atoms with Crippen LogP contribution in [0.4, 0.5) is 0 Å². The van der Waals surface area contributed by atoms with Crippen molar-refractivity contribution >= 4 is 29.1 Å². The van der Waals surface area contributed by atoms with Gasteiger partial charge < -0.3 is 15.5 Å². The van der Waals surface area contributed by atoms with E-state index in [1.54, 1.807) is 25.2 Å². The molecule has 1 aromatic heterocycles. The maximum Gasteiger partial charge on any atom is 0.251 e. The van der Waals surface area contributed by atoms with Gasteiger partial charge in [-0.05, 0) is 45.6 Å². The molecule has 0 bridgehead atoms. The Hall–Kier alpha value is -2.09. The van der Waals surface area contributed by atoms with Crippen molar-refractivity contribution in [1.29, 1.82) is 0 Å². The number of hydrogen-bond acceptors (Lipinski definition) is 6. The van der Waals surface area contributed by atoms with Gasteiger partial charge >= 0.3 is 0 Å². The van der Waals surface area contributed by atoms with Gasteiger partial charge in [0.2, 0.25) is 0 Å². The second kappa shape index (κ2) is 12.0. The standard InChI is InChI=1S/C27H40N2O4S/c1-16-9-8-10-17(2)12-21(18(3)13-22-15-34-20(5)29-22)14-28-26(33)23(30)25(32)27(6,7)24(31)19(4)11-16/h8,10,12-13,15-16,19,21,23,25,30,32H,9,11,14H2,1-7H3,(H,28,33)/t16-,19+,21?,23?,25+/m0/s1. The molecule has 2 rings (SSSR count). The minimum Gasteiger partial charge on any atom is -0.389 e. The monoisotopic (exact) mass is 488 g/mol. The van der Waals surface area contributed by atoms with Crippen molar-refractivity contribution < 1.29 is 19.8 Å². The van der Waals surface area contributed by atoms with Crippen molar-refractivity contribution in [2.24, 2.45) is 23.2 Å². The minimum absolute atomic E-state index is 0.125. The van der Waals surface area contributed by atoms with E-state index in [9.17, 15) is 19.8 Å². The van der Waals surface area contributed by atoms with Gasteiger partial charge in [0.05, 0.1) is 16.1 Å². The number of rotatable bonds is 2. The van der Waals surface area contributed by atoms with Gasteiger partial charge in [-0.15, -0.1) is 11.3 Å². The lowest BCUT2D eigenvalue weighted by atomic mass is 9.73. The van der Waals surface area contributed by atoms with Gasteiger partial charge in [-0.1, -0.05) is 57.1 Å². The maximum absolute atomic E-state index is 13.1. The molecule has 0 aromatic carbocycles. The number of nitrogens with zero attached hydrogens (tertiary/aromatic N) is 1. The normalized spacial score (nSPS) is 30.1. The number of aliphatic hydroxyl groups excluding tert-OH is 2. The summed E-state index contributed by atoms with van der Waals surface area (Å²) in [7, 11) is 0. The van der Waals surface area contributed by atoms with E-state index < -0.39 is 23.5 Å². The molecule has 7 heteroatoms. The zero-order valence-electron chi connectivity index (χ0n) is 21.5. The van der Waals surface area contributed by atoms with Gasteiger partial charge in [-0.3, -0.25) is 9.59 Å². The lowest BCUT2D eigenvalue weighted by molar-refractivity contribution is -0.150. The third-order valence-electron chi connectivity index (χ3n) is 6.62. The number of aliphatic hydroxyl groups is 2. The van der Waals surface area contributed by atoms with Crippen molar-refractivity contribution in [3.63, 3.8) is 0 Å². The zero-order chi connectivity index (χ0) is 25.6. The summed E-state index contributed by atoms with van der Waals surface area (Å²) in [4.78, 5) is 30.4. The van der Waals surface area contributed by atoms with Crippen LogP contribution in [0.25, 0.3) is 6.08 Å². The number of nitrogens with one attached hydrogen (secondary N) is 1. The Morgan fingerprint density at radius 2 is 1.91 bits per heavy atom. The van der Waals surface area contributed by atoms with Crippen molar-refractivity contribution in [1.82, 2.24) is 10.3 Å². The van der Waals surface area contributed by atoms with Crippen LogP contribution in [0.5, 0.6) is 0 Å². The molecule has 0 spiro atoms. The van der Waals surface area contributed by atoms with Crippen molar-refractivity contribution in [3.05, 3.63) is 45.5 Å². The van der Waals surface area contributed by atoms with Gasteiger partial charge in [0.25, 0.3) is 5.91 Å². The molecular weight excluding hydrogens is 448 g/mol. The second-order valence-corrected chi connectivity index (χ2v) is 11.4. The Morgan fingerprint density at radius 3 is 2.53 bits per heavy atom. The molecule has 1 aliphatic heterocycles. The van der Waals surface area contributed by atoms with Gasteiger partial charge in [0, 0.05) is 23.8 Å². The Balaban J connectivity index is 2.38. The number of ketones is 1. The highest BCUT2D eigenvalue weighted by Crippen LogP contribution is 2.31. The summed E-state index contributed by atoms with van der Waals surface area (Å²) in [6.45, 7) is 13.4. The van der Waals surface area contributed by atoms with Crippen LogP contribution in [0.2, 0.25) is 0 Å². The molecule has 34 heavy (non-hydrogen) atoms. The molecule has 2 heterocycles. The summed E-state index contributed by atoms with van der Waals surface area (Å²) in [5.74, 6) is -0.979. The fourth-order valence-electron chi connectivity index (χ4n) is 4.44. The molecule has 5 atom stereocenters. The van der Waals surface area contributed by atoms with Gasteiger partial charge in [-0.2, -0.15) is 0 Å². The van der Waals surface area contributed by atoms with Gasteiger partial charge in [-0.25, -0.2) is 4.98 Å². The van der Waals surface area contributed by atoms with Crippen LogP contribution in [-0.4, -0.2) is 45.6 Å². The minimum atomic E-state index is -1.70. The van der Waals surface area contributed by atoms with E-state index in [-0.39, 0.29) is 30.1 Å². The molecule has 1 aromatic rings. The topological polar surface area (TPSA) is 99.5 Å². The van der Waals surface area contributed by atoms with Crippen LogP contribution in [-0.2, 0) is 9.59 Å². The highest BCUT2D eigenvalue weighted by molar-refractivity contribution is 7.09. The number of hydrogen-bond donors (Lipinski definition) is 3. The largest absolute Gasteiger partial charge is 0.389 e. The van der Waals surface area contributed by atoms with Crippen LogP contribution >= 0.6 is 11.3 Å². The smallest absolute Gasteiger partial charge is 0.251 e. The lowest BCUT2D eigenvalue weighted by Gasteiger charge is -2.34. The number of aryl methyl sites for hydroxylation is 1. The summed E-state index contributed by atoms with van der Waals surface area (Å²) in [5.41, 5.74) is 1.70. The van der Waals surface area contributed by atoms with E-state index in [1.807, 2.05) is 39.2 Å². The van der Waals surface area contributed by atoms with E-state index >= 15 is 0 Å². The molecule has 3 N–H and O–H groups in total. The Bertz CT molecular complexity index is 960. The number of amides is 1. The fraction of sp³-hybridized carbons (Fsp3) is 0.593. The summed E-state index contributed by atoms with van der Waals surface area (Å²) >= 11 is 1.58. The summed E-state index contributed by atoms with van der Waals surface area (Å²) in [6.07, 6.45) is 6.60. The molecule has 1 amide bonds. The van der Waals surface area contributed by atoms with Crippen LogP contribution in [0.1, 0.15) is 65.1 Å². The number of allylic oxidation sites excluding steroid dienone is 3. The van der Waals surface area contributed by atoms with Crippen LogP contribution in [0.3, 0.4) is 0 Å². The number of aromatic nitrogens is 1. The molecule has 188 valence electrons. The highest BCUT2D eigenvalue weighted by Gasteiger charge is 2.43. The van der Waals surface area contributed by atoms with E-state index in [4.69, 9.17) is 0 Å². The summed E-state index contributed by atoms with van der Waals surface area (Å²) < 4.78 is 0. The van der Waals surface area contributed by atoms with Crippen LogP contribution in [0, 0.1) is 30.1 Å².